The van der Waals surface area contributed by atoms with E-state index in [1.165, 1.54) is 6.07 Å². The van der Waals surface area contributed by atoms with Crippen LogP contribution in [0.3, 0.4) is 0 Å². The monoisotopic (exact) mass is 400 g/mol. The summed E-state index contributed by atoms with van der Waals surface area (Å²) in [5.41, 5.74) is 1.35. The zero-order valence-electron chi connectivity index (χ0n) is 16.0. The molecule has 1 aromatic heterocycles. The summed E-state index contributed by atoms with van der Waals surface area (Å²) in [7, 11) is 0. The summed E-state index contributed by atoms with van der Waals surface area (Å²) in [5, 5.41) is 1.06. The predicted octanol–water partition coefficient (Wildman–Crippen LogP) is 5.67. The molecular weight excluding hydrogens is 377 g/mol. The lowest BCUT2D eigenvalue weighted by molar-refractivity contribution is -0.138. The van der Waals surface area contributed by atoms with Gasteiger partial charge in [-0.25, -0.2) is 0 Å². The molecule has 0 spiro atoms. The number of rotatable bonds is 4. The zero-order chi connectivity index (χ0) is 20.4. The van der Waals surface area contributed by atoms with Gasteiger partial charge in [-0.15, -0.1) is 0 Å². The van der Waals surface area contributed by atoms with E-state index >= 15 is 0 Å². The van der Waals surface area contributed by atoms with Gasteiger partial charge in [0.1, 0.15) is 0 Å². The highest BCUT2D eigenvalue weighted by Crippen LogP contribution is 2.33. The molecule has 4 rings (SSSR count). The number of aromatic nitrogens is 1. The van der Waals surface area contributed by atoms with Crippen LogP contribution in [0.1, 0.15) is 40.7 Å². The number of aryl methyl sites for hydroxylation is 1. The number of alkyl halides is 3. The Labute approximate surface area is 167 Å². The van der Waals surface area contributed by atoms with Crippen LogP contribution >= 0.6 is 0 Å². The molecule has 0 aliphatic carbocycles. The molecule has 152 valence electrons. The summed E-state index contributed by atoms with van der Waals surface area (Å²) < 4.78 is 39.6. The van der Waals surface area contributed by atoms with E-state index in [0.29, 0.717) is 37.1 Å². The first-order valence-corrected chi connectivity index (χ1v) is 9.93. The highest BCUT2D eigenvalue weighted by atomic mass is 19.4. The van der Waals surface area contributed by atoms with Crippen molar-refractivity contribution in [3.63, 3.8) is 0 Å². The van der Waals surface area contributed by atoms with Crippen LogP contribution in [0.5, 0.6) is 0 Å². The van der Waals surface area contributed by atoms with E-state index in [9.17, 15) is 18.0 Å². The van der Waals surface area contributed by atoms with Gasteiger partial charge in [-0.1, -0.05) is 24.3 Å². The first-order valence-electron chi connectivity index (χ1n) is 9.93. The van der Waals surface area contributed by atoms with E-state index in [4.69, 9.17) is 0 Å². The SMILES string of the molecule is O=C(c1ccc2cc[nH]c2c1)N1CCC[C@H](CCc2ccccc2C(F)(F)F)C1. The molecule has 0 radical (unpaired) electrons. The first-order chi connectivity index (χ1) is 13.9. The van der Waals surface area contributed by atoms with E-state index < -0.39 is 11.7 Å². The second kappa shape index (κ2) is 7.93. The maximum absolute atomic E-state index is 13.2. The summed E-state index contributed by atoms with van der Waals surface area (Å²) in [6.45, 7) is 1.28. The van der Waals surface area contributed by atoms with Crippen molar-refractivity contribution in [1.29, 1.82) is 0 Å². The molecule has 0 unspecified atom stereocenters. The van der Waals surface area contributed by atoms with Gasteiger partial charge in [-0.2, -0.15) is 13.2 Å². The van der Waals surface area contributed by atoms with Crippen molar-refractivity contribution in [3.8, 4) is 0 Å². The minimum atomic E-state index is -4.33. The molecule has 1 saturated heterocycles. The number of likely N-dealkylation sites (tertiary alicyclic amines) is 1. The average molecular weight is 400 g/mol. The van der Waals surface area contributed by atoms with Gasteiger partial charge >= 0.3 is 6.18 Å². The number of piperidine rings is 1. The maximum atomic E-state index is 13.2. The minimum Gasteiger partial charge on any atom is -0.361 e. The number of fused-ring (bicyclic) bond motifs is 1. The normalized spacial score (nSPS) is 17.6. The van der Waals surface area contributed by atoms with Crippen molar-refractivity contribution >= 4 is 16.8 Å². The van der Waals surface area contributed by atoms with E-state index in [1.807, 2.05) is 35.4 Å². The first kappa shape index (κ1) is 19.6. The van der Waals surface area contributed by atoms with Crippen molar-refractivity contribution in [2.45, 2.75) is 31.9 Å². The Morgan fingerprint density at radius 3 is 2.79 bits per heavy atom. The van der Waals surface area contributed by atoms with Crippen LogP contribution in [-0.2, 0) is 12.6 Å². The highest BCUT2D eigenvalue weighted by molar-refractivity contribution is 5.98. The topological polar surface area (TPSA) is 36.1 Å². The van der Waals surface area contributed by atoms with Crippen molar-refractivity contribution in [2.75, 3.05) is 13.1 Å². The lowest BCUT2D eigenvalue weighted by atomic mass is 9.90. The van der Waals surface area contributed by atoms with Crippen molar-refractivity contribution in [1.82, 2.24) is 9.88 Å². The number of hydrogen-bond acceptors (Lipinski definition) is 1. The van der Waals surface area contributed by atoms with Gasteiger partial charge in [0.25, 0.3) is 5.91 Å². The molecule has 1 atom stereocenters. The third-order valence-electron chi connectivity index (χ3n) is 5.75. The Morgan fingerprint density at radius 2 is 1.97 bits per heavy atom. The largest absolute Gasteiger partial charge is 0.416 e. The molecule has 0 saturated carbocycles. The van der Waals surface area contributed by atoms with Gasteiger partial charge in [-0.3, -0.25) is 4.79 Å². The van der Waals surface area contributed by atoms with E-state index in [2.05, 4.69) is 4.98 Å². The number of nitrogens with one attached hydrogen (secondary N) is 1. The van der Waals surface area contributed by atoms with Crippen LogP contribution in [0.2, 0.25) is 0 Å². The lowest BCUT2D eigenvalue weighted by Crippen LogP contribution is -2.40. The number of carbonyl (C=O) groups is 1. The van der Waals surface area contributed by atoms with Gasteiger partial charge in [0, 0.05) is 30.4 Å². The fourth-order valence-electron chi connectivity index (χ4n) is 4.22. The van der Waals surface area contributed by atoms with E-state index in [-0.39, 0.29) is 11.8 Å². The van der Waals surface area contributed by atoms with Crippen LogP contribution in [0.25, 0.3) is 10.9 Å². The van der Waals surface area contributed by atoms with Crippen molar-refractivity contribution < 1.29 is 18.0 Å². The van der Waals surface area contributed by atoms with E-state index in [1.54, 1.807) is 12.1 Å². The number of hydrogen-bond donors (Lipinski definition) is 1. The standard InChI is InChI=1S/C23H23F3N2O/c24-23(25,26)20-6-2-1-5-17(20)8-7-16-4-3-13-28(15-16)22(29)19-10-9-18-11-12-27-21(18)14-19/h1-2,5-6,9-12,14,16,27H,3-4,7-8,13,15H2/t16-/m1/s1. The third-order valence-corrected chi connectivity index (χ3v) is 5.75. The summed E-state index contributed by atoms with van der Waals surface area (Å²) in [6.07, 6.45) is 0.343. The number of amides is 1. The highest BCUT2D eigenvalue weighted by Gasteiger charge is 2.33. The van der Waals surface area contributed by atoms with Crippen LogP contribution in [-0.4, -0.2) is 28.9 Å². The fraction of sp³-hybridized carbons (Fsp3) is 0.348. The van der Waals surface area contributed by atoms with Gasteiger partial charge in [0.15, 0.2) is 0 Å². The Bertz CT molecular complexity index is 1010. The molecule has 1 aliphatic rings. The molecule has 1 fully saturated rings. The third kappa shape index (κ3) is 4.31. The summed E-state index contributed by atoms with van der Waals surface area (Å²) >= 11 is 0. The Balaban J connectivity index is 1.42. The Kier molecular flexibility index (Phi) is 5.35. The summed E-state index contributed by atoms with van der Waals surface area (Å²) in [6, 6.07) is 13.4. The second-order valence-corrected chi connectivity index (χ2v) is 7.73. The Morgan fingerprint density at radius 1 is 1.14 bits per heavy atom. The number of aromatic amines is 1. The second-order valence-electron chi connectivity index (χ2n) is 7.73. The maximum Gasteiger partial charge on any atom is 0.416 e. The molecule has 1 N–H and O–H groups in total. The van der Waals surface area contributed by atoms with Crippen LogP contribution in [0.4, 0.5) is 13.2 Å². The minimum absolute atomic E-state index is 0.0121. The Hall–Kier alpha value is -2.76. The molecule has 6 heteroatoms. The molecular formula is C23H23F3N2O. The number of nitrogens with zero attached hydrogens (tertiary/aromatic N) is 1. The molecule has 2 heterocycles. The van der Waals surface area contributed by atoms with E-state index in [0.717, 1.165) is 29.8 Å². The molecule has 0 bridgehead atoms. The molecule has 3 nitrogen and oxygen atoms in total. The predicted molar refractivity (Wildman–Crippen MR) is 107 cm³/mol. The number of carbonyl (C=O) groups excluding carboxylic acids is 1. The van der Waals surface area contributed by atoms with Crippen molar-refractivity contribution in [2.24, 2.45) is 5.92 Å². The zero-order valence-corrected chi connectivity index (χ0v) is 16.0. The summed E-state index contributed by atoms with van der Waals surface area (Å²) in [4.78, 5) is 17.9. The summed E-state index contributed by atoms with van der Waals surface area (Å²) in [5.74, 6) is 0.199. The van der Waals surface area contributed by atoms with Crippen LogP contribution in [0.15, 0.2) is 54.7 Å². The number of halogens is 3. The van der Waals surface area contributed by atoms with Crippen LogP contribution in [0, 0.1) is 5.92 Å². The lowest BCUT2D eigenvalue weighted by Gasteiger charge is -2.33. The molecule has 1 aliphatic heterocycles. The smallest absolute Gasteiger partial charge is 0.361 e. The molecule has 1 amide bonds. The fourth-order valence-corrected chi connectivity index (χ4v) is 4.22. The van der Waals surface area contributed by atoms with Crippen LogP contribution < -0.4 is 0 Å². The van der Waals surface area contributed by atoms with Crippen molar-refractivity contribution in [3.05, 3.63) is 71.4 Å². The van der Waals surface area contributed by atoms with Gasteiger partial charge in [0.2, 0.25) is 0 Å². The average Bonchev–Trinajstić information content (AvgIpc) is 3.19. The number of benzene rings is 2. The quantitative estimate of drug-likeness (QED) is 0.602. The molecule has 29 heavy (non-hydrogen) atoms. The number of H-pyrrole nitrogens is 1. The van der Waals surface area contributed by atoms with Gasteiger partial charge < -0.3 is 9.88 Å². The van der Waals surface area contributed by atoms with Gasteiger partial charge in [-0.05, 0) is 66.8 Å². The van der Waals surface area contributed by atoms with Gasteiger partial charge in [0.05, 0.1) is 5.56 Å². The molecule has 3 aromatic rings. The molecule has 2 aromatic carbocycles.